The summed E-state index contributed by atoms with van der Waals surface area (Å²) in [7, 11) is 0. The molecule has 1 aromatic heterocycles. The van der Waals surface area contributed by atoms with Crippen molar-refractivity contribution >= 4 is 28.4 Å². The number of rotatable bonds is 2. The minimum Gasteiger partial charge on any atom is -0.297 e. The largest absolute Gasteiger partial charge is 0.444 e. The summed E-state index contributed by atoms with van der Waals surface area (Å²) in [5.41, 5.74) is 1.82. The predicted octanol–water partition coefficient (Wildman–Crippen LogP) is 4.09. The smallest absolute Gasteiger partial charge is 0.297 e. The van der Waals surface area contributed by atoms with Crippen molar-refractivity contribution in [2.45, 2.75) is 20.8 Å². The van der Waals surface area contributed by atoms with Gasteiger partial charge in [-0.05, 0) is 41.3 Å². The summed E-state index contributed by atoms with van der Waals surface area (Å²) in [6.45, 7) is 5.64. The first kappa shape index (κ1) is 15.9. The zero-order valence-electron chi connectivity index (χ0n) is 13.8. The van der Waals surface area contributed by atoms with Crippen LogP contribution in [0.3, 0.4) is 0 Å². The molecule has 0 bridgehead atoms. The molecule has 0 amide bonds. The number of benzene rings is 1. The van der Waals surface area contributed by atoms with Crippen molar-refractivity contribution in [3.8, 4) is 0 Å². The maximum atomic E-state index is 12.2. The van der Waals surface area contributed by atoms with E-state index in [-0.39, 0.29) is 11.7 Å². The molecule has 0 saturated carbocycles. The second-order valence-electron chi connectivity index (χ2n) is 6.07. The molecule has 0 N–H and O–H groups in total. The van der Waals surface area contributed by atoms with Crippen LogP contribution in [-0.4, -0.2) is 22.2 Å². The third kappa shape index (κ3) is 3.06. The van der Waals surface area contributed by atoms with Gasteiger partial charge in [-0.3, -0.25) is 14.2 Å². The van der Waals surface area contributed by atoms with Crippen molar-refractivity contribution in [2.24, 2.45) is 11.1 Å². The Morgan fingerprint density at radius 3 is 2.33 bits per heavy atom. The Hall–Kier alpha value is -2.95. The summed E-state index contributed by atoms with van der Waals surface area (Å²) >= 11 is 0. The van der Waals surface area contributed by atoms with Crippen molar-refractivity contribution in [3.63, 3.8) is 0 Å². The third-order valence-electron chi connectivity index (χ3n) is 3.94. The molecule has 0 atom stereocenters. The number of carbonyl (C=O) groups excluding carboxylic acids is 2. The summed E-state index contributed by atoms with van der Waals surface area (Å²) in [6.07, 6.45) is 6.00. The van der Waals surface area contributed by atoms with E-state index in [0.717, 1.165) is 10.8 Å². The second-order valence-corrected chi connectivity index (χ2v) is 6.07. The molecule has 0 fully saturated rings. The lowest BCUT2D eigenvalue weighted by Gasteiger charge is -2.14. The van der Waals surface area contributed by atoms with E-state index in [1.807, 2.05) is 38.1 Å². The lowest BCUT2D eigenvalue weighted by atomic mass is 9.90. The van der Waals surface area contributed by atoms with Crippen molar-refractivity contribution in [1.82, 2.24) is 4.57 Å². The lowest BCUT2D eigenvalue weighted by Crippen LogP contribution is -2.17. The number of aromatic nitrogens is 1. The Balaban J connectivity index is 1.82. The van der Waals surface area contributed by atoms with Crippen LogP contribution < -0.4 is 0 Å². The molecule has 24 heavy (non-hydrogen) atoms. The van der Waals surface area contributed by atoms with E-state index >= 15 is 0 Å². The first-order valence-corrected chi connectivity index (χ1v) is 7.76. The molecular formula is C19H18N2O3. The fourth-order valence-electron chi connectivity index (χ4n) is 2.56. The molecule has 1 aliphatic carbocycles. The first-order chi connectivity index (χ1) is 11.5. The maximum absolute atomic E-state index is 12.2. The van der Waals surface area contributed by atoms with Crippen LogP contribution in [-0.2, 0) is 9.63 Å². The maximum Gasteiger partial charge on any atom is 0.444 e. The van der Waals surface area contributed by atoms with Gasteiger partial charge >= 0.3 is 6.09 Å². The predicted molar refractivity (Wildman–Crippen MR) is 92.9 cm³/mol. The molecule has 1 aliphatic rings. The number of ketones is 1. The summed E-state index contributed by atoms with van der Waals surface area (Å²) in [6, 6.07) is 7.65. The third-order valence-corrected chi connectivity index (χ3v) is 3.94. The molecule has 5 nitrogen and oxygen atoms in total. The normalized spacial score (nSPS) is 16.5. The number of hydrogen-bond donors (Lipinski definition) is 0. The average molecular weight is 322 g/mol. The highest BCUT2D eigenvalue weighted by Crippen LogP contribution is 2.20. The monoisotopic (exact) mass is 322 g/mol. The summed E-state index contributed by atoms with van der Waals surface area (Å²) in [5.74, 6) is 0.0573. The minimum absolute atomic E-state index is 0.0237. The van der Waals surface area contributed by atoms with Crippen molar-refractivity contribution in [3.05, 3.63) is 60.0 Å². The van der Waals surface area contributed by atoms with Crippen molar-refractivity contribution in [1.29, 1.82) is 0 Å². The molecule has 0 saturated heterocycles. The van der Waals surface area contributed by atoms with Gasteiger partial charge in [0.05, 0.1) is 0 Å². The number of hydrogen-bond acceptors (Lipinski definition) is 4. The molecule has 1 heterocycles. The second kappa shape index (κ2) is 6.28. The van der Waals surface area contributed by atoms with E-state index in [9.17, 15) is 9.59 Å². The molecule has 122 valence electrons. The summed E-state index contributed by atoms with van der Waals surface area (Å²) < 4.78 is 1.36. The van der Waals surface area contributed by atoms with E-state index in [4.69, 9.17) is 4.84 Å². The SMILES string of the molecule is CC1=CC(=O)C(C(C)C)=C/C1=N/OC(=O)n1cc2ccccc2c1. The molecular weight excluding hydrogens is 304 g/mol. The molecule has 0 radical (unpaired) electrons. The highest BCUT2D eigenvalue weighted by atomic mass is 16.7. The van der Waals surface area contributed by atoms with Gasteiger partial charge in [0.2, 0.25) is 0 Å². The van der Waals surface area contributed by atoms with Gasteiger partial charge in [-0.25, -0.2) is 4.79 Å². The van der Waals surface area contributed by atoms with Gasteiger partial charge in [0.25, 0.3) is 0 Å². The number of nitrogens with zero attached hydrogens (tertiary/aromatic N) is 2. The molecule has 2 aromatic rings. The van der Waals surface area contributed by atoms with Gasteiger partial charge in [-0.1, -0.05) is 43.3 Å². The quantitative estimate of drug-likeness (QED) is 0.475. The van der Waals surface area contributed by atoms with Crippen LogP contribution in [0.15, 0.2) is 65.1 Å². The zero-order chi connectivity index (χ0) is 17.3. The molecule has 0 aliphatic heterocycles. The molecule has 0 spiro atoms. The Morgan fingerprint density at radius 1 is 1.12 bits per heavy atom. The highest BCUT2D eigenvalue weighted by molar-refractivity contribution is 6.21. The van der Waals surface area contributed by atoms with Gasteiger partial charge in [-0.2, -0.15) is 0 Å². The van der Waals surface area contributed by atoms with Gasteiger partial charge < -0.3 is 0 Å². The van der Waals surface area contributed by atoms with Gasteiger partial charge in [-0.15, -0.1) is 0 Å². The van der Waals surface area contributed by atoms with E-state index in [1.165, 1.54) is 10.6 Å². The lowest BCUT2D eigenvalue weighted by molar-refractivity contribution is -0.111. The minimum atomic E-state index is -0.595. The van der Waals surface area contributed by atoms with Crippen molar-refractivity contribution < 1.29 is 14.4 Å². The molecule has 1 aromatic carbocycles. The summed E-state index contributed by atoms with van der Waals surface area (Å²) in [5, 5.41) is 5.82. The fourth-order valence-corrected chi connectivity index (χ4v) is 2.56. The standard InChI is InChI=1S/C19H18N2O3/c1-12(2)16-9-17(13(3)8-18(16)22)20-24-19(23)21-10-14-6-4-5-7-15(14)11-21/h4-12H,1-3H3/b20-17-. The van der Waals surface area contributed by atoms with Crippen LogP contribution in [0.25, 0.3) is 10.8 Å². The van der Waals surface area contributed by atoms with Crippen LogP contribution in [0.5, 0.6) is 0 Å². The van der Waals surface area contributed by atoms with E-state index < -0.39 is 6.09 Å². The van der Waals surface area contributed by atoms with E-state index in [2.05, 4.69) is 5.16 Å². The first-order valence-electron chi connectivity index (χ1n) is 7.76. The average Bonchev–Trinajstić information content (AvgIpc) is 2.97. The topological polar surface area (TPSA) is 60.7 Å². The fraction of sp³-hybridized carbons (Fsp3) is 0.211. The van der Waals surface area contributed by atoms with Gasteiger partial charge in [0, 0.05) is 18.0 Å². The number of fused-ring (bicyclic) bond motifs is 1. The number of allylic oxidation sites excluding steroid dienone is 4. The Bertz CT molecular complexity index is 881. The molecule has 3 rings (SSSR count). The molecule has 5 heteroatoms. The van der Waals surface area contributed by atoms with Gasteiger partial charge in [0.1, 0.15) is 5.71 Å². The van der Waals surface area contributed by atoms with E-state index in [0.29, 0.717) is 16.9 Å². The van der Waals surface area contributed by atoms with Crippen LogP contribution in [0, 0.1) is 5.92 Å². The molecule has 0 unspecified atom stereocenters. The van der Waals surface area contributed by atoms with Gasteiger partial charge in [0.15, 0.2) is 5.78 Å². The number of oxime groups is 1. The Kier molecular flexibility index (Phi) is 4.16. The zero-order valence-corrected chi connectivity index (χ0v) is 13.8. The number of carbonyl (C=O) groups is 2. The van der Waals surface area contributed by atoms with E-state index in [1.54, 1.807) is 25.4 Å². The summed E-state index contributed by atoms with van der Waals surface area (Å²) in [4.78, 5) is 29.2. The highest BCUT2D eigenvalue weighted by Gasteiger charge is 2.19. The van der Waals surface area contributed by atoms with Crippen LogP contribution in [0.4, 0.5) is 4.79 Å². The van der Waals surface area contributed by atoms with Crippen LogP contribution in [0.1, 0.15) is 20.8 Å². The van der Waals surface area contributed by atoms with Crippen LogP contribution in [0.2, 0.25) is 0 Å². The van der Waals surface area contributed by atoms with Crippen LogP contribution >= 0.6 is 0 Å². The Morgan fingerprint density at radius 2 is 1.75 bits per heavy atom. The van der Waals surface area contributed by atoms with Crippen molar-refractivity contribution in [2.75, 3.05) is 0 Å². The Labute approximate surface area is 139 Å².